The van der Waals surface area contributed by atoms with Crippen LogP contribution in [-0.2, 0) is 0 Å². The fraction of sp³-hybridized carbons (Fsp3) is 0.333. The summed E-state index contributed by atoms with van der Waals surface area (Å²) in [6.07, 6.45) is 3.83. The van der Waals surface area contributed by atoms with Gasteiger partial charge in [-0.1, -0.05) is 6.08 Å². The molecule has 1 unspecified atom stereocenters. The van der Waals surface area contributed by atoms with Gasteiger partial charge in [0.1, 0.15) is 6.42 Å². The Morgan fingerprint density at radius 1 is 1.42 bits per heavy atom. The Kier molecular flexibility index (Phi) is 2.18. The molecule has 0 saturated heterocycles. The van der Waals surface area contributed by atoms with Crippen LogP contribution in [0.2, 0.25) is 0 Å². The normalized spacial score (nSPS) is 21.7. The maximum atomic E-state index is 10.2. The van der Waals surface area contributed by atoms with Crippen LogP contribution in [0.4, 0.5) is 0 Å². The van der Waals surface area contributed by atoms with E-state index in [1.807, 2.05) is 0 Å². The molecule has 0 aromatic carbocycles. The first-order chi connectivity index (χ1) is 5.61. The predicted octanol–water partition coefficient (Wildman–Crippen LogP) is 0.752. The summed E-state index contributed by atoms with van der Waals surface area (Å²) in [5, 5.41) is 20.4. The molecule has 64 valence electrons. The minimum atomic E-state index is -0.949. The molecule has 1 rings (SSSR count). The first-order valence-corrected chi connectivity index (χ1v) is 3.26. The van der Waals surface area contributed by atoms with Crippen LogP contribution in [0.25, 0.3) is 0 Å². The van der Waals surface area contributed by atoms with Crippen molar-refractivity contribution < 1.29 is 9.85 Å². The van der Waals surface area contributed by atoms with E-state index in [2.05, 4.69) is 0 Å². The smallest absolute Gasteiger partial charge is 0.253 e. The number of rotatable bonds is 2. The van der Waals surface area contributed by atoms with Gasteiger partial charge in [0.2, 0.25) is 6.04 Å². The Morgan fingerprint density at radius 3 is 2.58 bits per heavy atom. The van der Waals surface area contributed by atoms with Gasteiger partial charge in [-0.3, -0.25) is 20.2 Å². The summed E-state index contributed by atoms with van der Waals surface area (Å²) in [7, 11) is 0. The second kappa shape index (κ2) is 3.12. The van der Waals surface area contributed by atoms with E-state index < -0.39 is 15.9 Å². The minimum absolute atomic E-state index is 0.112. The molecule has 6 heteroatoms. The highest BCUT2D eigenvalue weighted by molar-refractivity contribution is 5.15. The van der Waals surface area contributed by atoms with Gasteiger partial charge in [-0.25, -0.2) is 0 Å². The van der Waals surface area contributed by atoms with Gasteiger partial charge in [0.15, 0.2) is 0 Å². The molecule has 0 heterocycles. The lowest BCUT2D eigenvalue weighted by Gasteiger charge is -2.05. The van der Waals surface area contributed by atoms with Crippen molar-refractivity contribution in [3.63, 3.8) is 0 Å². The third kappa shape index (κ3) is 1.66. The largest absolute Gasteiger partial charge is 0.264 e. The van der Waals surface area contributed by atoms with Crippen molar-refractivity contribution in [1.82, 2.24) is 0 Å². The van der Waals surface area contributed by atoms with E-state index >= 15 is 0 Å². The van der Waals surface area contributed by atoms with E-state index in [-0.39, 0.29) is 12.1 Å². The van der Waals surface area contributed by atoms with Crippen LogP contribution in [0.5, 0.6) is 0 Å². The van der Waals surface area contributed by atoms with Gasteiger partial charge in [0.05, 0.1) is 4.92 Å². The highest BCUT2D eigenvalue weighted by Gasteiger charge is 2.26. The summed E-state index contributed by atoms with van der Waals surface area (Å²) in [6, 6.07) is -0.949. The molecule has 0 bridgehead atoms. The standard InChI is InChI=1S/C6H6N2O4/c9-7(10)5-2-1-3-6(4-5)8(11)12/h1-3,5H,4H2. The van der Waals surface area contributed by atoms with E-state index in [1.54, 1.807) is 0 Å². The molecule has 0 fully saturated rings. The molecule has 0 spiro atoms. The fourth-order valence-corrected chi connectivity index (χ4v) is 0.925. The van der Waals surface area contributed by atoms with Gasteiger partial charge in [0, 0.05) is 11.0 Å². The molecule has 0 aliphatic heterocycles. The Balaban J connectivity index is 2.74. The van der Waals surface area contributed by atoms with Gasteiger partial charge in [-0.2, -0.15) is 0 Å². The van der Waals surface area contributed by atoms with E-state index in [9.17, 15) is 20.2 Å². The predicted molar refractivity (Wildman–Crippen MR) is 39.6 cm³/mol. The Morgan fingerprint density at radius 2 is 2.08 bits per heavy atom. The maximum Gasteiger partial charge on any atom is 0.253 e. The van der Waals surface area contributed by atoms with Gasteiger partial charge in [-0.05, 0) is 6.08 Å². The van der Waals surface area contributed by atoms with Gasteiger partial charge in [-0.15, -0.1) is 0 Å². The number of allylic oxidation sites excluding steroid dienone is 2. The third-order valence-corrected chi connectivity index (χ3v) is 1.55. The minimum Gasteiger partial charge on any atom is -0.264 e. The Hall–Kier alpha value is -1.72. The zero-order valence-corrected chi connectivity index (χ0v) is 6.04. The zero-order chi connectivity index (χ0) is 9.14. The lowest BCUT2D eigenvalue weighted by molar-refractivity contribution is -0.517. The summed E-state index contributed by atoms with van der Waals surface area (Å²) in [5.41, 5.74) is -0.112. The fourth-order valence-electron chi connectivity index (χ4n) is 0.925. The highest BCUT2D eigenvalue weighted by Crippen LogP contribution is 2.14. The van der Waals surface area contributed by atoms with Gasteiger partial charge >= 0.3 is 0 Å². The second-order valence-corrected chi connectivity index (χ2v) is 2.36. The first-order valence-electron chi connectivity index (χ1n) is 3.26. The Bertz CT molecular complexity index is 281. The number of hydrogen-bond acceptors (Lipinski definition) is 4. The lowest BCUT2D eigenvalue weighted by atomic mass is 10.1. The summed E-state index contributed by atoms with van der Waals surface area (Å²) in [4.78, 5) is 19.3. The number of hydrogen-bond donors (Lipinski definition) is 0. The molecular formula is C6H6N2O4. The molecule has 0 aromatic rings. The number of nitro groups is 2. The van der Waals surface area contributed by atoms with E-state index in [0.717, 1.165) is 0 Å². The van der Waals surface area contributed by atoms with E-state index in [4.69, 9.17) is 0 Å². The molecule has 12 heavy (non-hydrogen) atoms. The molecule has 0 radical (unpaired) electrons. The van der Waals surface area contributed by atoms with E-state index in [0.29, 0.717) is 0 Å². The molecule has 1 aliphatic carbocycles. The van der Waals surface area contributed by atoms with Crippen molar-refractivity contribution in [3.05, 3.63) is 44.2 Å². The lowest BCUT2D eigenvalue weighted by Crippen LogP contribution is -2.21. The highest BCUT2D eigenvalue weighted by atomic mass is 16.6. The molecule has 0 amide bonds. The van der Waals surface area contributed by atoms with Crippen LogP contribution in [-0.4, -0.2) is 15.9 Å². The molecular weight excluding hydrogens is 164 g/mol. The van der Waals surface area contributed by atoms with Crippen LogP contribution < -0.4 is 0 Å². The monoisotopic (exact) mass is 170 g/mol. The molecule has 0 aromatic heterocycles. The first kappa shape index (κ1) is 8.38. The average Bonchev–Trinajstić information content (AvgIpc) is 2.04. The second-order valence-electron chi connectivity index (χ2n) is 2.36. The zero-order valence-electron chi connectivity index (χ0n) is 6.04. The van der Waals surface area contributed by atoms with Crippen molar-refractivity contribution >= 4 is 0 Å². The molecule has 1 atom stereocenters. The Labute approximate surface area is 67.5 Å². The third-order valence-electron chi connectivity index (χ3n) is 1.55. The van der Waals surface area contributed by atoms with Crippen molar-refractivity contribution in [3.8, 4) is 0 Å². The summed E-state index contributed by atoms with van der Waals surface area (Å²) in [5.74, 6) is 0. The molecule has 6 nitrogen and oxygen atoms in total. The van der Waals surface area contributed by atoms with Crippen LogP contribution >= 0.6 is 0 Å². The quantitative estimate of drug-likeness (QED) is 0.452. The topological polar surface area (TPSA) is 86.3 Å². The summed E-state index contributed by atoms with van der Waals surface area (Å²) < 4.78 is 0. The summed E-state index contributed by atoms with van der Waals surface area (Å²) >= 11 is 0. The van der Waals surface area contributed by atoms with Crippen LogP contribution in [0, 0.1) is 20.2 Å². The van der Waals surface area contributed by atoms with E-state index in [1.165, 1.54) is 18.2 Å². The summed E-state index contributed by atoms with van der Waals surface area (Å²) in [6.45, 7) is 0. The molecule has 0 N–H and O–H groups in total. The van der Waals surface area contributed by atoms with Crippen LogP contribution in [0.15, 0.2) is 23.9 Å². The van der Waals surface area contributed by atoms with Crippen LogP contribution in [0.3, 0.4) is 0 Å². The van der Waals surface area contributed by atoms with Gasteiger partial charge in [0.25, 0.3) is 5.70 Å². The van der Waals surface area contributed by atoms with Crippen molar-refractivity contribution in [2.45, 2.75) is 12.5 Å². The van der Waals surface area contributed by atoms with Crippen molar-refractivity contribution in [2.24, 2.45) is 0 Å². The van der Waals surface area contributed by atoms with Crippen molar-refractivity contribution in [2.75, 3.05) is 0 Å². The molecule has 1 aliphatic rings. The SMILES string of the molecule is O=[N+]([O-])C1=CC=CC([N+](=O)[O-])C1. The number of nitrogens with zero attached hydrogens (tertiary/aromatic N) is 2. The molecule has 0 saturated carbocycles. The van der Waals surface area contributed by atoms with Gasteiger partial charge < -0.3 is 0 Å². The van der Waals surface area contributed by atoms with Crippen molar-refractivity contribution in [1.29, 1.82) is 0 Å². The maximum absolute atomic E-state index is 10.2. The van der Waals surface area contributed by atoms with Crippen LogP contribution in [0.1, 0.15) is 6.42 Å². The average molecular weight is 170 g/mol.